The van der Waals surface area contributed by atoms with Gasteiger partial charge in [-0.1, -0.05) is 106 Å². The third-order valence-corrected chi connectivity index (χ3v) is 13.0. The highest BCUT2D eigenvalue weighted by Gasteiger charge is 2.23. The lowest BCUT2D eigenvalue weighted by atomic mass is 9.86. The van der Waals surface area contributed by atoms with Gasteiger partial charge in [0.2, 0.25) is 0 Å². The van der Waals surface area contributed by atoms with Crippen LogP contribution in [0.3, 0.4) is 0 Å². The minimum atomic E-state index is -0.283. The minimum absolute atomic E-state index is 0.0512. The van der Waals surface area contributed by atoms with Crippen molar-refractivity contribution < 1.29 is 8.78 Å². The maximum Gasteiger partial charge on any atom is 0.125 e. The summed E-state index contributed by atoms with van der Waals surface area (Å²) < 4.78 is 32.0. The Morgan fingerprint density at radius 2 is 0.800 bits per heavy atom. The second-order valence-corrected chi connectivity index (χ2v) is 18.2. The van der Waals surface area contributed by atoms with Gasteiger partial charge in [-0.2, -0.15) is 0 Å². The van der Waals surface area contributed by atoms with Crippen LogP contribution in [0.25, 0.3) is 70.8 Å². The van der Waals surface area contributed by atoms with Crippen LogP contribution >= 0.6 is 0 Å². The van der Waals surface area contributed by atoms with E-state index in [0.29, 0.717) is 0 Å². The first kappa shape index (κ1) is 38.6. The molecule has 0 amide bonds. The van der Waals surface area contributed by atoms with E-state index in [1.165, 1.54) is 55.9 Å². The molecule has 12 rings (SSSR count). The molecule has 0 aliphatic heterocycles. The van der Waals surface area contributed by atoms with Crippen molar-refractivity contribution in [2.75, 3.05) is 9.80 Å². The van der Waals surface area contributed by atoms with Gasteiger partial charge in [0.25, 0.3) is 0 Å². The third kappa shape index (κ3) is 6.54. The molecule has 12 aromatic rings. The molecule has 5 heteroatoms. The number of halogens is 2. The van der Waals surface area contributed by atoms with Gasteiger partial charge < -0.3 is 14.2 Å². The highest BCUT2D eigenvalue weighted by atomic mass is 19.1. The number of fused-ring (bicyclic) bond motifs is 8. The van der Waals surface area contributed by atoms with Crippen LogP contribution in [-0.4, -0.2) is 4.40 Å². The minimum Gasteiger partial charge on any atom is -0.310 e. The average molecular weight is 844 g/mol. The molecule has 2 aromatic heterocycles. The van der Waals surface area contributed by atoms with Crippen molar-refractivity contribution in [2.24, 2.45) is 0 Å². The molecule has 3 nitrogen and oxygen atoms in total. The van der Waals surface area contributed by atoms with Gasteiger partial charge >= 0.3 is 0 Å². The zero-order valence-electron chi connectivity index (χ0n) is 36.2. The molecule has 312 valence electrons. The number of para-hydroxylation sites is 2. The third-order valence-electron chi connectivity index (χ3n) is 13.0. The van der Waals surface area contributed by atoms with Crippen LogP contribution in [0, 0.1) is 11.6 Å². The number of benzene rings is 10. The summed E-state index contributed by atoms with van der Waals surface area (Å²) in [6.45, 7) is 6.76. The summed E-state index contributed by atoms with van der Waals surface area (Å²) in [5.74, 6) is -0.566. The van der Waals surface area contributed by atoms with Gasteiger partial charge in [0.1, 0.15) is 11.6 Å². The second-order valence-electron chi connectivity index (χ2n) is 18.2. The number of aromatic nitrogens is 1. The quantitative estimate of drug-likeness (QED) is 0.158. The van der Waals surface area contributed by atoms with E-state index in [9.17, 15) is 8.78 Å². The summed E-state index contributed by atoms with van der Waals surface area (Å²) in [6.07, 6.45) is 0. The van der Waals surface area contributed by atoms with Crippen LogP contribution in [0.1, 0.15) is 26.3 Å². The first-order chi connectivity index (χ1) is 31.6. The molecule has 0 fully saturated rings. The van der Waals surface area contributed by atoms with E-state index < -0.39 is 0 Å². The molecule has 0 unspecified atom stereocenters. The molecule has 65 heavy (non-hydrogen) atoms. The Morgan fingerprint density at radius 1 is 0.354 bits per heavy atom. The summed E-state index contributed by atoms with van der Waals surface area (Å²) in [5.41, 5.74) is 12.4. The number of nitrogens with zero attached hydrogens (tertiary/aromatic N) is 3. The smallest absolute Gasteiger partial charge is 0.125 e. The van der Waals surface area contributed by atoms with Gasteiger partial charge in [-0.3, -0.25) is 0 Å². The fraction of sp³-hybridized carbons (Fsp3) is 0.0667. The van der Waals surface area contributed by atoms with Gasteiger partial charge in [0.15, 0.2) is 0 Å². The first-order valence-corrected chi connectivity index (χ1v) is 22.1. The normalized spacial score (nSPS) is 12.1. The van der Waals surface area contributed by atoms with Crippen LogP contribution in [0.4, 0.5) is 42.9 Å². The lowest BCUT2D eigenvalue weighted by Crippen LogP contribution is -2.10. The van der Waals surface area contributed by atoms with Crippen molar-refractivity contribution in [1.82, 2.24) is 4.40 Å². The molecule has 0 aliphatic rings. The molecule has 0 saturated carbocycles. The predicted molar refractivity (Wildman–Crippen MR) is 270 cm³/mol. The van der Waals surface area contributed by atoms with Crippen molar-refractivity contribution in [3.05, 3.63) is 223 Å². The summed E-state index contributed by atoms with van der Waals surface area (Å²) in [6, 6.07) is 69.9. The molecule has 0 N–H and O–H groups in total. The van der Waals surface area contributed by atoms with Crippen molar-refractivity contribution in [3.8, 4) is 11.1 Å². The van der Waals surface area contributed by atoms with Gasteiger partial charge in [0.05, 0.1) is 16.6 Å². The number of anilines is 6. The lowest BCUT2D eigenvalue weighted by Gasteiger charge is -2.26. The molecule has 2 heterocycles. The summed E-state index contributed by atoms with van der Waals surface area (Å²) in [5, 5.41) is 9.17. The molecular weight excluding hydrogens is 801 g/mol. The van der Waals surface area contributed by atoms with E-state index >= 15 is 0 Å². The fourth-order valence-corrected chi connectivity index (χ4v) is 9.89. The van der Waals surface area contributed by atoms with E-state index in [4.69, 9.17) is 0 Å². The van der Waals surface area contributed by atoms with Crippen LogP contribution in [0.2, 0.25) is 0 Å². The van der Waals surface area contributed by atoms with Gasteiger partial charge in [-0.15, -0.1) is 0 Å². The number of hydrogen-bond acceptors (Lipinski definition) is 2. The summed E-state index contributed by atoms with van der Waals surface area (Å²) in [4.78, 5) is 4.22. The summed E-state index contributed by atoms with van der Waals surface area (Å²) in [7, 11) is 0. The zero-order valence-corrected chi connectivity index (χ0v) is 36.2. The van der Waals surface area contributed by atoms with Crippen molar-refractivity contribution in [1.29, 1.82) is 0 Å². The Kier molecular flexibility index (Phi) is 8.79. The Hall–Kier alpha value is -8.02. The fourth-order valence-electron chi connectivity index (χ4n) is 9.89. The molecule has 0 bridgehead atoms. The first-order valence-electron chi connectivity index (χ1n) is 22.1. The van der Waals surface area contributed by atoms with Gasteiger partial charge in [0, 0.05) is 55.7 Å². The maximum atomic E-state index is 14.8. The van der Waals surface area contributed by atoms with E-state index in [-0.39, 0.29) is 17.0 Å². The molecule has 0 aliphatic carbocycles. The van der Waals surface area contributed by atoms with Crippen LogP contribution in [0.5, 0.6) is 0 Å². The standard InChI is InChI=1S/C60H43F2N3/c1-60(2,3)44-24-20-38(21-25-44)43-32-55-53-30-39-22-26-51(63(47-14-6-4-7-15-47)49-18-10-12-45(61)36-49)28-41(39)34-57(53)65-58-35-42-29-52(27-23-40(42)31-54(58)56(33-43)59(55)65)64(48-16-8-5-9-17-48)50-19-11-13-46(62)37-50/h4-37H,1-3H3. The van der Waals surface area contributed by atoms with E-state index in [2.05, 4.69) is 156 Å². The molecule has 0 atom stereocenters. The number of hydrogen-bond donors (Lipinski definition) is 0. The average Bonchev–Trinajstić information content (AvgIpc) is 3.81. The van der Waals surface area contributed by atoms with Crippen molar-refractivity contribution in [3.63, 3.8) is 0 Å². The molecule has 0 radical (unpaired) electrons. The van der Waals surface area contributed by atoms with Gasteiger partial charge in [-0.25, -0.2) is 8.78 Å². The Morgan fingerprint density at radius 3 is 1.25 bits per heavy atom. The second kappa shape index (κ2) is 14.8. The molecule has 10 aromatic carbocycles. The Balaban J connectivity index is 1.11. The highest BCUT2D eigenvalue weighted by Crippen LogP contribution is 2.46. The van der Waals surface area contributed by atoms with Gasteiger partial charge in [-0.05, 0) is 165 Å². The van der Waals surface area contributed by atoms with E-state index in [0.717, 1.165) is 66.7 Å². The molecule has 0 saturated heterocycles. The lowest BCUT2D eigenvalue weighted by molar-refractivity contribution is 0.590. The monoisotopic (exact) mass is 843 g/mol. The van der Waals surface area contributed by atoms with Crippen molar-refractivity contribution in [2.45, 2.75) is 26.2 Å². The Bertz CT molecular complexity index is 3560. The van der Waals surface area contributed by atoms with Crippen LogP contribution in [0.15, 0.2) is 206 Å². The maximum absolute atomic E-state index is 14.8. The Labute approximate surface area is 376 Å². The van der Waals surface area contributed by atoms with Crippen molar-refractivity contribution >= 4 is 93.8 Å². The van der Waals surface area contributed by atoms with E-state index in [1.54, 1.807) is 24.3 Å². The largest absolute Gasteiger partial charge is 0.310 e. The zero-order chi connectivity index (χ0) is 44.0. The molecular formula is C60H43F2N3. The number of rotatable bonds is 7. The van der Waals surface area contributed by atoms with Crippen LogP contribution < -0.4 is 9.80 Å². The topological polar surface area (TPSA) is 10.9 Å². The SMILES string of the molecule is CC(C)(C)c1ccc(-c2cc3c4cc5ccc(N(c6ccccc6)c6cccc(F)c6)cc5cc4n4c5cc6cc(N(c7ccccc7)c7cccc(F)c7)ccc6cc5c(c2)c34)cc1. The van der Waals surface area contributed by atoms with E-state index in [1.807, 2.05) is 48.5 Å². The molecule has 0 spiro atoms. The highest BCUT2D eigenvalue weighted by molar-refractivity contribution is 6.27. The van der Waals surface area contributed by atoms with Crippen LogP contribution in [-0.2, 0) is 5.41 Å². The summed E-state index contributed by atoms with van der Waals surface area (Å²) >= 11 is 0. The predicted octanol–water partition coefficient (Wildman–Crippen LogP) is 17.3.